The first-order valence-electron chi connectivity index (χ1n) is 7.79. The number of ether oxygens (including phenoxy) is 2. The molecule has 0 radical (unpaired) electrons. The summed E-state index contributed by atoms with van der Waals surface area (Å²) in [5, 5.41) is 11.7. The number of rotatable bonds is 5. The van der Waals surface area contributed by atoms with Crippen molar-refractivity contribution < 1.29 is 14.3 Å². The number of carbonyl (C=O) groups excluding carboxylic acids is 1. The maximum Gasteiger partial charge on any atom is 0.259 e. The number of aromatic nitrogens is 1. The Hall–Kier alpha value is -3.85. The number of methoxy groups -OCH3 is 1. The number of carbonyl (C=O) groups is 1. The van der Waals surface area contributed by atoms with Gasteiger partial charge in [0.1, 0.15) is 23.3 Å². The topological polar surface area (TPSA) is 84.2 Å². The molecule has 0 aliphatic carbocycles. The van der Waals surface area contributed by atoms with Crippen LogP contribution in [-0.4, -0.2) is 18.0 Å². The van der Waals surface area contributed by atoms with Crippen molar-refractivity contribution in [3.05, 3.63) is 78.0 Å². The summed E-state index contributed by atoms with van der Waals surface area (Å²) >= 11 is 0. The summed E-state index contributed by atoms with van der Waals surface area (Å²) in [6.45, 7) is 0. The Morgan fingerprint density at radius 1 is 1.04 bits per heavy atom. The number of nitrogens with zero attached hydrogens (tertiary/aromatic N) is 2. The Balaban J connectivity index is 1.69. The van der Waals surface area contributed by atoms with Gasteiger partial charge in [0.05, 0.1) is 12.7 Å². The molecule has 3 rings (SSSR count). The molecule has 26 heavy (non-hydrogen) atoms. The number of pyridine rings is 1. The lowest BCUT2D eigenvalue weighted by atomic mass is 10.2. The van der Waals surface area contributed by atoms with E-state index in [4.69, 9.17) is 14.7 Å². The Morgan fingerprint density at radius 2 is 1.81 bits per heavy atom. The molecule has 0 spiro atoms. The zero-order chi connectivity index (χ0) is 18.4. The molecule has 1 heterocycles. The summed E-state index contributed by atoms with van der Waals surface area (Å²) in [6, 6.07) is 20.8. The molecule has 0 bridgehead atoms. The summed E-state index contributed by atoms with van der Waals surface area (Å²) in [5.41, 5.74) is 1.35. The standard InChI is InChI=1S/C20H15N3O3/c1-25-18-7-3-2-6-17(18)20(24)23-14-9-11-16(12-10-14)26-19-8-4-5-15(13-21)22-19/h2-12H,1H3,(H,23,24). The molecule has 0 saturated heterocycles. The zero-order valence-corrected chi connectivity index (χ0v) is 14.0. The van der Waals surface area contributed by atoms with Crippen LogP contribution in [0.4, 0.5) is 5.69 Å². The second-order valence-corrected chi connectivity index (χ2v) is 5.25. The number of hydrogen-bond acceptors (Lipinski definition) is 5. The van der Waals surface area contributed by atoms with E-state index >= 15 is 0 Å². The lowest BCUT2D eigenvalue weighted by Gasteiger charge is -2.10. The van der Waals surface area contributed by atoms with Crippen molar-refractivity contribution in [2.75, 3.05) is 12.4 Å². The lowest BCUT2D eigenvalue weighted by Crippen LogP contribution is -2.12. The number of nitriles is 1. The molecule has 0 saturated carbocycles. The third-order valence-corrected chi connectivity index (χ3v) is 3.52. The molecule has 1 aromatic heterocycles. The number of hydrogen-bond donors (Lipinski definition) is 1. The molecule has 0 atom stereocenters. The van der Waals surface area contributed by atoms with E-state index < -0.39 is 0 Å². The third kappa shape index (κ3) is 3.97. The molecule has 0 unspecified atom stereocenters. The molecule has 6 nitrogen and oxygen atoms in total. The number of anilines is 1. The van der Waals surface area contributed by atoms with Gasteiger partial charge >= 0.3 is 0 Å². The Kier molecular flexibility index (Phi) is 5.11. The van der Waals surface area contributed by atoms with Crippen LogP contribution in [0.3, 0.4) is 0 Å². The van der Waals surface area contributed by atoms with Crippen LogP contribution in [0.5, 0.6) is 17.4 Å². The van der Waals surface area contributed by atoms with Crippen LogP contribution in [0.25, 0.3) is 0 Å². The van der Waals surface area contributed by atoms with Crippen LogP contribution in [-0.2, 0) is 0 Å². The summed E-state index contributed by atoms with van der Waals surface area (Å²) in [4.78, 5) is 16.4. The normalized spacial score (nSPS) is 9.85. The molecule has 0 aliphatic heterocycles. The summed E-state index contributed by atoms with van der Waals surface area (Å²) in [7, 11) is 1.52. The van der Waals surface area contributed by atoms with E-state index in [1.165, 1.54) is 7.11 Å². The van der Waals surface area contributed by atoms with Crippen molar-refractivity contribution in [2.24, 2.45) is 0 Å². The first-order valence-corrected chi connectivity index (χ1v) is 7.79. The molecule has 128 valence electrons. The van der Waals surface area contributed by atoms with Gasteiger partial charge in [0, 0.05) is 11.8 Å². The van der Waals surface area contributed by atoms with Crippen molar-refractivity contribution >= 4 is 11.6 Å². The van der Waals surface area contributed by atoms with Crippen LogP contribution in [0.2, 0.25) is 0 Å². The van der Waals surface area contributed by atoms with E-state index in [9.17, 15) is 4.79 Å². The monoisotopic (exact) mass is 345 g/mol. The SMILES string of the molecule is COc1ccccc1C(=O)Nc1ccc(Oc2cccc(C#N)n2)cc1. The quantitative estimate of drug-likeness (QED) is 0.755. The Bertz CT molecular complexity index is 963. The minimum atomic E-state index is -0.264. The van der Waals surface area contributed by atoms with Crippen LogP contribution < -0.4 is 14.8 Å². The molecule has 2 aromatic carbocycles. The van der Waals surface area contributed by atoms with Gasteiger partial charge in [-0.3, -0.25) is 4.79 Å². The molecule has 0 fully saturated rings. The number of benzene rings is 2. The fourth-order valence-electron chi connectivity index (χ4n) is 2.29. The van der Waals surface area contributed by atoms with Crippen LogP contribution in [0, 0.1) is 11.3 Å². The highest BCUT2D eigenvalue weighted by atomic mass is 16.5. The van der Waals surface area contributed by atoms with Crippen molar-refractivity contribution in [1.82, 2.24) is 4.98 Å². The Labute approximate surface area is 150 Å². The largest absolute Gasteiger partial charge is 0.496 e. The average molecular weight is 345 g/mol. The zero-order valence-electron chi connectivity index (χ0n) is 14.0. The fraction of sp³-hybridized carbons (Fsp3) is 0.0500. The van der Waals surface area contributed by atoms with Crippen LogP contribution in [0.15, 0.2) is 66.7 Å². The van der Waals surface area contributed by atoms with E-state index in [1.54, 1.807) is 66.7 Å². The molecule has 0 aliphatic rings. The maximum atomic E-state index is 12.4. The van der Waals surface area contributed by atoms with Crippen molar-refractivity contribution in [2.45, 2.75) is 0 Å². The van der Waals surface area contributed by atoms with E-state index in [0.29, 0.717) is 28.6 Å². The minimum Gasteiger partial charge on any atom is -0.496 e. The maximum absolute atomic E-state index is 12.4. The highest BCUT2D eigenvalue weighted by Gasteiger charge is 2.11. The summed E-state index contributed by atoms with van der Waals surface area (Å²) in [5.74, 6) is 1.12. The van der Waals surface area contributed by atoms with Gasteiger partial charge in [-0.05, 0) is 42.5 Å². The molecule has 6 heteroatoms. The second-order valence-electron chi connectivity index (χ2n) is 5.25. The molecular weight excluding hydrogens is 330 g/mol. The number of amides is 1. The summed E-state index contributed by atoms with van der Waals surface area (Å²) in [6.07, 6.45) is 0. The van der Waals surface area contributed by atoms with E-state index in [0.717, 1.165) is 0 Å². The van der Waals surface area contributed by atoms with Crippen molar-refractivity contribution in [3.63, 3.8) is 0 Å². The van der Waals surface area contributed by atoms with Gasteiger partial charge in [-0.15, -0.1) is 0 Å². The second kappa shape index (κ2) is 7.81. The minimum absolute atomic E-state index is 0.264. The highest BCUT2D eigenvalue weighted by Crippen LogP contribution is 2.23. The van der Waals surface area contributed by atoms with Crippen molar-refractivity contribution in [1.29, 1.82) is 5.26 Å². The van der Waals surface area contributed by atoms with E-state index in [1.807, 2.05) is 6.07 Å². The first kappa shape index (κ1) is 17.0. The molecule has 3 aromatic rings. The van der Waals surface area contributed by atoms with Crippen LogP contribution in [0.1, 0.15) is 16.1 Å². The number of para-hydroxylation sites is 1. The summed E-state index contributed by atoms with van der Waals surface area (Å²) < 4.78 is 10.8. The van der Waals surface area contributed by atoms with Gasteiger partial charge in [0.25, 0.3) is 5.91 Å². The van der Waals surface area contributed by atoms with Gasteiger partial charge in [-0.1, -0.05) is 18.2 Å². The van der Waals surface area contributed by atoms with Gasteiger partial charge in [0.2, 0.25) is 5.88 Å². The fourth-order valence-corrected chi connectivity index (χ4v) is 2.29. The third-order valence-electron chi connectivity index (χ3n) is 3.52. The van der Waals surface area contributed by atoms with Crippen LogP contribution >= 0.6 is 0 Å². The predicted molar refractivity (Wildman–Crippen MR) is 96.4 cm³/mol. The molecular formula is C20H15N3O3. The van der Waals surface area contributed by atoms with Gasteiger partial charge in [0.15, 0.2) is 0 Å². The first-order chi connectivity index (χ1) is 12.7. The Morgan fingerprint density at radius 3 is 2.54 bits per heavy atom. The van der Waals surface area contributed by atoms with Gasteiger partial charge < -0.3 is 14.8 Å². The van der Waals surface area contributed by atoms with Crippen molar-refractivity contribution in [3.8, 4) is 23.4 Å². The van der Waals surface area contributed by atoms with E-state index in [2.05, 4.69) is 10.3 Å². The van der Waals surface area contributed by atoms with Gasteiger partial charge in [-0.2, -0.15) is 5.26 Å². The van der Waals surface area contributed by atoms with Gasteiger partial charge in [-0.25, -0.2) is 4.98 Å². The molecule has 1 amide bonds. The van der Waals surface area contributed by atoms with E-state index in [-0.39, 0.29) is 11.6 Å². The average Bonchev–Trinajstić information content (AvgIpc) is 2.69. The highest BCUT2D eigenvalue weighted by molar-refractivity contribution is 6.06. The smallest absolute Gasteiger partial charge is 0.259 e. The molecule has 1 N–H and O–H groups in total. The lowest BCUT2D eigenvalue weighted by molar-refractivity contribution is 0.102. The predicted octanol–water partition coefficient (Wildman–Crippen LogP) is 4.01. The number of nitrogens with one attached hydrogen (secondary N) is 1.